The molecule has 5 N–H and O–H groups in total. The number of azo groups is 1. The highest BCUT2D eigenvalue weighted by Crippen LogP contribution is 2.37. The minimum atomic E-state index is -4.49. The van der Waals surface area contributed by atoms with Gasteiger partial charge in [-0.3, -0.25) is 14.2 Å². The highest BCUT2D eigenvalue weighted by Gasteiger charge is 2.22. The van der Waals surface area contributed by atoms with Crippen molar-refractivity contribution < 1.29 is 53.4 Å². The van der Waals surface area contributed by atoms with Crippen LogP contribution in [0.15, 0.2) is 92.9 Å². The van der Waals surface area contributed by atoms with Crippen LogP contribution in [-0.2, 0) is 40.0 Å². The number of nitrogens with zero attached hydrogens (tertiary/aromatic N) is 7. The average molecular weight is 808 g/mol. The number of benzene rings is 3. The summed E-state index contributed by atoms with van der Waals surface area (Å²) in [5, 5.41) is 36.2. The molecule has 54 heavy (non-hydrogen) atoms. The third-order valence-corrected chi connectivity index (χ3v) is 10.2. The van der Waals surface area contributed by atoms with E-state index in [4.69, 9.17) is 0 Å². The van der Waals surface area contributed by atoms with Crippen molar-refractivity contribution in [3.63, 3.8) is 0 Å². The van der Waals surface area contributed by atoms with Crippen molar-refractivity contribution in [3.05, 3.63) is 95.4 Å². The molecule has 0 saturated carbocycles. The van der Waals surface area contributed by atoms with Gasteiger partial charge < -0.3 is 20.4 Å². The molecule has 0 aliphatic carbocycles. The fraction of sp³-hybridized carbons (Fsp3) is 0.167. The molecule has 0 spiro atoms. The average Bonchev–Trinajstić information content (AvgIpc) is 3.11. The lowest BCUT2D eigenvalue weighted by Gasteiger charge is -2.17. The summed E-state index contributed by atoms with van der Waals surface area (Å²) in [7, 11) is -10.3. The zero-order chi connectivity index (χ0) is 39.8. The highest BCUT2D eigenvalue weighted by molar-refractivity contribution is 7.94. The minimum absolute atomic E-state index is 0.00800. The third-order valence-electron chi connectivity index (χ3n) is 6.95. The number of hydrogen-bond acceptors (Lipinski definition) is 17. The number of carboxylic acid groups (broad SMARTS) is 1. The predicted octanol–water partition coefficient (Wildman–Crippen LogP) is 3.43. The summed E-state index contributed by atoms with van der Waals surface area (Å²) in [6.45, 7) is 3.05. The number of aromatic hydroxyl groups is 1. The van der Waals surface area contributed by atoms with Crippen molar-refractivity contribution in [2.24, 2.45) is 15.3 Å². The van der Waals surface area contributed by atoms with Crippen molar-refractivity contribution in [1.29, 1.82) is 0 Å². The number of nitrogens with one attached hydrogen (secondary N) is 2. The van der Waals surface area contributed by atoms with E-state index in [-0.39, 0.29) is 40.7 Å². The Kier molecular flexibility index (Phi) is 12.7. The lowest BCUT2D eigenvalue weighted by molar-refractivity contribution is 0.0697. The molecule has 0 fully saturated rings. The Bertz CT molecular complexity index is 2470. The van der Waals surface area contributed by atoms with Gasteiger partial charge in [-0.15, -0.1) is 10.2 Å². The number of phenolic OH excluding ortho intramolecular Hbond substituents is 1. The summed E-state index contributed by atoms with van der Waals surface area (Å²) < 4.78 is 100. The van der Waals surface area contributed by atoms with Crippen molar-refractivity contribution >= 4 is 70.8 Å². The molecule has 0 amide bonds. The van der Waals surface area contributed by atoms with E-state index in [0.717, 1.165) is 36.8 Å². The van der Waals surface area contributed by atoms with Gasteiger partial charge in [-0.25, -0.2) is 13.2 Å². The number of hydrazone groups is 1. The Labute approximate surface area is 307 Å². The molecule has 0 saturated heterocycles. The SMILES string of the molecule is C=CS(=O)(=O)CCN(C)c1nc(F)nc(Nc2cc(S(=O)(=O)OC)cc(NN=C(N=Nc3cc(CS(=O)(=O)O)ccc3C(=O)O)c3ccccc3)c2O)n1. The molecule has 0 aliphatic heterocycles. The topological polar surface area (TPSA) is 292 Å². The van der Waals surface area contributed by atoms with E-state index >= 15 is 0 Å². The molecule has 0 radical (unpaired) electrons. The van der Waals surface area contributed by atoms with Gasteiger partial charge in [0.2, 0.25) is 17.7 Å². The van der Waals surface area contributed by atoms with Crippen LogP contribution in [0, 0.1) is 6.08 Å². The van der Waals surface area contributed by atoms with Crippen molar-refractivity contribution in [3.8, 4) is 5.75 Å². The maximum atomic E-state index is 14.5. The van der Waals surface area contributed by atoms with E-state index in [9.17, 15) is 49.2 Å². The van der Waals surface area contributed by atoms with E-state index in [1.165, 1.54) is 30.1 Å². The van der Waals surface area contributed by atoms with Crippen molar-refractivity contribution in [2.75, 3.05) is 42.1 Å². The van der Waals surface area contributed by atoms with E-state index < -0.39 is 81.6 Å². The molecule has 20 nitrogen and oxygen atoms in total. The lowest BCUT2D eigenvalue weighted by atomic mass is 10.1. The van der Waals surface area contributed by atoms with E-state index in [2.05, 4.69) is 51.8 Å². The summed E-state index contributed by atoms with van der Waals surface area (Å²) in [4.78, 5) is 23.6. The van der Waals surface area contributed by atoms with E-state index in [0.29, 0.717) is 0 Å². The van der Waals surface area contributed by atoms with Crippen LogP contribution in [-0.4, -0.2) is 93.2 Å². The van der Waals surface area contributed by atoms with Gasteiger partial charge in [0.25, 0.3) is 20.2 Å². The second-order valence-electron chi connectivity index (χ2n) is 10.8. The Balaban J connectivity index is 1.78. The molecule has 286 valence electrons. The number of carboxylic acids is 1. The fourth-order valence-corrected chi connectivity index (χ4v) is 6.26. The van der Waals surface area contributed by atoms with Crippen molar-refractivity contribution in [2.45, 2.75) is 10.6 Å². The number of hydrogen-bond donors (Lipinski definition) is 5. The Morgan fingerprint density at radius 2 is 1.70 bits per heavy atom. The van der Waals surface area contributed by atoms with Gasteiger partial charge in [0.05, 0.1) is 29.0 Å². The quantitative estimate of drug-likeness (QED) is 0.0206. The second kappa shape index (κ2) is 16.8. The van der Waals surface area contributed by atoms with Crippen LogP contribution >= 0.6 is 0 Å². The molecule has 0 unspecified atom stereocenters. The van der Waals surface area contributed by atoms with Gasteiger partial charge in [0.15, 0.2) is 15.6 Å². The molecular formula is C30H30FN9O11S3. The van der Waals surface area contributed by atoms with Gasteiger partial charge in [-0.1, -0.05) is 43.0 Å². The van der Waals surface area contributed by atoms with Gasteiger partial charge >= 0.3 is 12.0 Å². The maximum Gasteiger partial charge on any atom is 0.337 e. The standard InChI is InChI=1S/C30H30FN9O11S3/c1-4-52(44,45)13-12-40(2)30-34-28(31)33-29(35-30)32-23-15-20(54(49,50)51-3)16-24(25(23)41)37-39-26(19-8-6-5-7-9-19)38-36-22-14-18(17-53(46,47)48)10-11-21(22)27(42)43/h4-11,14-16,37,41H,1,12-13,17H2,2-3H3,(H,42,43)(H,46,47,48)(H,32,33,34,35). The molecular weight excluding hydrogens is 778 g/mol. The summed E-state index contributed by atoms with van der Waals surface area (Å²) in [5.41, 5.74) is 1.22. The van der Waals surface area contributed by atoms with Crippen LogP contribution < -0.4 is 15.6 Å². The second-order valence-corrected chi connectivity index (χ2v) is 16.0. The van der Waals surface area contributed by atoms with E-state index in [1.807, 2.05) is 0 Å². The van der Waals surface area contributed by atoms with Crippen LogP contribution in [0.2, 0.25) is 0 Å². The smallest absolute Gasteiger partial charge is 0.337 e. The number of sulfone groups is 1. The zero-order valence-corrected chi connectivity index (χ0v) is 30.5. The van der Waals surface area contributed by atoms with Crippen LogP contribution in [0.25, 0.3) is 0 Å². The van der Waals surface area contributed by atoms with Gasteiger partial charge in [0.1, 0.15) is 17.1 Å². The minimum Gasteiger partial charge on any atom is -0.504 e. The summed E-state index contributed by atoms with van der Waals surface area (Å²) in [6, 6.07) is 13.1. The largest absolute Gasteiger partial charge is 0.504 e. The molecule has 1 aromatic heterocycles. The monoisotopic (exact) mass is 807 g/mol. The Morgan fingerprint density at radius 3 is 2.33 bits per heavy atom. The zero-order valence-electron chi connectivity index (χ0n) is 28.0. The molecule has 0 aliphatic rings. The fourth-order valence-electron chi connectivity index (χ4n) is 4.25. The summed E-state index contributed by atoms with van der Waals surface area (Å²) in [6.07, 6.45) is -1.31. The van der Waals surface area contributed by atoms with Gasteiger partial charge in [-0.2, -0.15) is 41.3 Å². The predicted molar refractivity (Wildman–Crippen MR) is 192 cm³/mol. The van der Waals surface area contributed by atoms with E-state index in [1.54, 1.807) is 18.2 Å². The van der Waals surface area contributed by atoms with Crippen LogP contribution in [0.1, 0.15) is 21.5 Å². The molecule has 3 aromatic carbocycles. The number of carbonyl (C=O) groups is 1. The number of aromatic carboxylic acids is 1. The molecule has 1 heterocycles. The molecule has 4 aromatic rings. The highest BCUT2D eigenvalue weighted by atomic mass is 32.2. The molecule has 0 atom stereocenters. The first-order valence-electron chi connectivity index (χ1n) is 14.9. The number of aromatic nitrogens is 3. The number of phenols is 1. The molecule has 0 bridgehead atoms. The number of anilines is 4. The van der Waals surface area contributed by atoms with Crippen LogP contribution in [0.5, 0.6) is 5.75 Å². The summed E-state index contributed by atoms with van der Waals surface area (Å²) in [5.74, 6) is -4.50. The first-order chi connectivity index (χ1) is 25.3. The maximum absolute atomic E-state index is 14.5. The first kappa shape index (κ1) is 40.8. The third kappa shape index (κ3) is 11.0. The first-order valence-corrected chi connectivity index (χ1v) is 19.6. The van der Waals surface area contributed by atoms with Crippen LogP contribution in [0.3, 0.4) is 0 Å². The van der Waals surface area contributed by atoms with Gasteiger partial charge in [-0.05, 0) is 29.8 Å². The normalized spacial score (nSPS) is 12.4. The van der Waals surface area contributed by atoms with Crippen molar-refractivity contribution in [1.82, 2.24) is 15.0 Å². The summed E-state index contributed by atoms with van der Waals surface area (Å²) >= 11 is 0. The van der Waals surface area contributed by atoms with Gasteiger partial charge in [0, 0.05) is 24.6 Å². The Morgan fingerprint density at radius 1 is 1.02 bits per heavy atom. The Hall–Kier alpha value is -5.95. The number of halogens is 1. The lowest BCUT2D eigenvalue weighted by Crippen LogP contribution is -2.27. The number of rotatable bonds is 16. The molecule has 4 rings (SSSR count). The van der Waals surface area contributed by atoms with Crippen LogP contribution in [0.4, 0.5) is 33.3 Å². The number of amidine groups is 1. The molecule has 24 heteroatoms.